The summed E-state index contributed by atoms with van der Waals surface area (Å²) in [6, 6.07) is 14.2. The summed E-state index contributed by atoms with van der Waals surface area (Å²) < 4.78 is 6.03. The van der Waals surface area contributed by atoms with Crippen LogP contribution in [-0.4, -0.2) is 0 Å². The lowest BCUT2D eigenvalue weighted by atomic mass is 10.1. The fourth-order valence-electron chi connectivity index (χ4n) is 1.62. The van der Waals surface area contributed by atoms with Gasteiger partial charge in [0, 0.05) is 4.88 Å². The molecule has 1 aromatic carbocycles. The molecule has 0 radical (unpaired) electrons. The van der Waals surface area contributed by atoms with Gasteiger partial charge in [0.15, 0.2) is 0 Å². The summed E-state index contributed by atoms with van der Waals surface area (Å²) in [5.74, 6) is 1.41. The maximum Gasteiger partial charge on any atom is 0.135 e. The Labute approximate surface area is 101 Å². The highest BCUT2D eigenvalue weighted by atomic mass is 32.1. The molecule has 16 heavy (non-hydrogen) atoms. The molecule has 0 aliphatic carbocycles. The SMILES string of the molecule is CC(C)[C@H](Oc1ccccc1)c1cccs1. The van der Waals surface area contributed by atoms with E-state index in [1.807, 2.05) is 30.3 Å². The smallest absolute Gasteiger partial charge is 0.135 e. The highest BCUT2D eigenvalue weighted by Gasteiger charge is 2.18. The van der Waals surface area contributed by atoms with Crippen LogP contribution in [0.4, 0.5) is 0 Å². The van der Waals surface area contributed by atoms with Crippen LogP contribution in [0.15, 0.2) is 47.8 Å². The third-order valence-corrected chi connectivity index (χ3v) is 3.37. The summed E-state index contributed by atoms with van der Waals surface area (Å²) >= 11 is 1.75. The number of benzene rings is 1. The van der Waals surface area contributed by atoms with Crippen LogP contribution in [0.2, 0.25) is 0 Å². The lowest BCUT2D eigenvalue weighted by Gasteiger charge is -2.21. The van der Waals surface area contributed by atoms with Crippen molar-refractivity contribution in [3.8, 4) is 5.75 Å². The fraction of sp³-hybridized carbons (Fsp3) is 0.286. The number of thiophene rings is 1. The van der Waals surface area contributed by atoms with Gasteiger partial charge in [-0.05, 0) is 29.5 Å². The molecule has 0 saturated heterocycles. The Bertz CT molecular complexity index is 406. The van der Waals surface area contributed by atoms with Gasteiger partial charge < -0.3 is 4.74 Å². The van der Waals surface area contributed by atoms with E-state index < -0.39 is 0 Å². The molecule has 0 bridgehead atoms. The minimum Gasteiger partial charge on any atom is -0.485 e. The maximum atomic E-state index is 6.03. The summed E-state index contributed by atoms with van der Waals surface area (Å²) in [6.07, 6.45) is 0.155. The maximum absolute atomic E-state index is 6.03. The van der Waals surface area contributed by atoms with Gasteiger partial charge in [0.2, 0.25) is 0 Å². The second-order valence-electron chi connectivity index (χ2n) is 4.11. The predicted molar refractivity (Wildman–Crippen MR) is 69.0 cm³/mol. The van der Waals surface area contributed by atoms with E-state index in [1.54, 1.807) is 11.3 Å². The summed E-state index contributed by atoms with van der Waals surface area (Å²) in [5, 5.41) is 2.10. The van der Waals surface area contributed by atoms with Gasteiger partial charge in [-0.15, -0.1) is 11.3 Å². The summed E-state index contributed by atoms with van der Waals surface area (Å²) in [4.78, 5) is 1.29. The van der Waals surface area contributed by atoms with Gasteiger partial charge in [0.1, 0.15) is 11.9 Å². The zero-order chi connectivity index (χ0) is 11.4. The van der Waals surface area contributed by atoms with Crippen LogP contribution in [0.1, 0.15) is 24.8 Å². The minimum atomic E-state index is 0.155. The molecule has 1 atom stereocenters. The van der Waals surface area contributed by atoms with E-state index in [0.29, 0.717) is 5.92 Å². The first-order valence-electron chi connectivity index (χ1n) is 5.52. The molecule has 0 aliphatic heterocycles. The van der Waals surface area contributed by atoms with Crippen LogP contribution < -0.4 is 4.74 Å². The first kappa shape index (κ1) is 11.2. The summed E-state index contributed by atoms with van der Waals surface area (Å²) in [5.41, 5.74) is 0. The molecule has 0 aliphatic rings. The van der Waals surface area contributed by atoms with Gasteiger partial charge in [0.25, 0.3) is 0 Å². The van der Waals surface area contributed by atoms with Crippen LogP contribution >= 0.6 is 11.3 Å². The van der Waals surface area contributed by atoms with Crippen molar-refractivity contribution < 1.29 is 4.74 Å². The van der Waals surface area contributed by atoms with Gasteiger partial charge in [-0.2, -0.15) is 0 Å². The molecule has 0 unspecified atom stereocenters. The van der Waals surface area contributed by atoms with E-state index in [1.165, 1.54) is 4.88 Å². The number of ether oxygens (including phenoxy) is 1. The Kier molecular flexibility index (Phi) is 3.62. The number of rotatable bonds is 4. The average Bonchev–Trinajstić information content (AvgIpc) is 2.80. The van der Waals surface area contributed by atoms with E-state index in [2.05, 4.69) is 31.4 Å². The van der Waals surface area contributed by atoms with Crippen LogP contribution in [0, 0.1) is 5.92 Å². The number of para-hydroxylation sites is 1. The van der Waals surface area contributed by atoms with Gasteiger partial charge in [0.05, 0.1) is 0 Å². The quantitative estimate of drug-likeness (QED) is 0.753. The molecule has 2 aromatic rings. The van der Waals surface area contributed by atoms with Crippen molar-refractivity contribution in [1.29, 1.82) is 0 Å². The Morgan fingerprint density at radius 2 is 1.75 bits per heavy atom. The molecular formula is C14H16OS. The monoisotopic (exact) mass is 232 g/mol. The van der Waals surface area contributed by atoms with Crippen LogP contribution in [0.3, 0.4) is 0 Å². The second kappa shape index (κ2) is 5.17. The van der Waals surface area contributed by atoms with Crippen LogP contribution in [0.25, 0.3) is 0 Å². The largest absolute Gasteiger partial charge is 0.485 e. The van der Waals surface area contributed by atoms with Crippen LogP contribution in [0.5, 0.6) is 5.75 Å². The normalized spacial score (nSPS) is 12.7. The standard InChI is InChI=1S/C14H16OS/c1-11(2)14(13-9-6-10-16-13)15-12-7-4-3-5-8-12/h3-11,14H,1-2H3/t14-/m0/s1. The molecule has 0 fully saturated rings. The third kappa shape index (κ3) is 2.64. The fourth-order valence-corrected chi connectivity index (χ4v) is 2.55. The van der Waals surface area contributed by atoms with Crippen LogP contribution in [-0.2, 0) is 0 Å². The van der Waals surface area contributed by atoms with Crippen molar-refractivity contribution >= 4 is 11.3 Å². The van der Waals surface area contributed by atoms with Crippen molar-refractivity contribution in [1.82, 2.24) is 0 Å². The van der Waals surface area contributed by atoms with E-state index in [-0.39, 0.29) is 6.10 Å². The van der Waals surface area contributed by atoms with Gasteiger partial charge >= 0.3 is 0 Å². The topological polar surface area (TPSA) is 9.23 Å². The molecule has 1 aromatic heterocycles. The van der Waals surface area contributed by atoms with E-state index in [9.17, 15) is 0 Å². The van der Waals surface area contributed by atoms with Crippen molar-refractivity contribution in [3.63, 3.8) is 0 Å². The first-order chi connectivity index (χ1) is 7.77. The van der Waals surface area contributed by atoms with Crippen molar-refractivity contribution in [3.05, 3.63) is 52.7 Å². The Hall–Kier alpha value is -1.28. The second-order valence-corrected chi connectivity index (χ2v) is 5.09. The molecule has 0 N–H and O–H groups in total. The highest BCUT2D eigenvalue weighted by molar-refractivity contribution is 7.10. The van der Waals surface area contributed by atoms with Crippen molar-refractivity contribution in [2.45, 2.75) is 20.0 Å². The summed E-state index contributed by atoms with van der Waals surface area (Å²) in [7, 11) is 0. The molecule has 0 amide bonds. The Morgan fingerprint density at radius 3 is 2.31 bits per heavy atom. The number of hydrogen-bond acceptors (Lipinski definition) is 2. The molecular weight excluding hydrogens is 216 g/mol. The number of hydrogen-bond donors (Lipinski definition) is 0. The first-order valence-corrected chi connectivity index (χ1v) is 6.40. The molecule has 1 nitrogen and oxygen atoms in total. The van der Waals surface area contributed by atoms with Gasteiger partial charge in [-0.3, -0.25) is 0 Å². The van der Waals surface area contributed by atoms with E-state index >= 15 is 0 Å². The Morgan fingerprint density at radius 1 is 1.00 bits per heavy atom. The van der Waals surface area contributed by atoms with E-state index in [0.717, 1.165) is 5.75 Å². The molecule has 0 spiro atoms. The lowest BCUT2D eigenvalue weighted by molar-refractivity contribution is 0.157. The zero-order valence-electron chi connectivity index (χ0n) is 9.59. The zero-order valence-corrected chi connectivity index (χ0v) is 10.4. The third-order valence-electron chi connectivity index (χ3n) is 2.44. The minimum absolute atomic E-state index is 0.155. The van der Waals surface area contributed by atoms with Crippen molar-refractivity contribution in [2.24, 2.45) is 5.92 Å². The molecule has 0 saturated carbocycles. The Balaban J connectivity index is 2.16. The van der Waals surface area contributed by atoms with Gasteiger partial charge in [-0.1, -0.05) is 38.1 Å². The highest BCUT2D eigenvalue weighted by Crippen LogP contribution is 2.30. The lowest BCUT2D eigenvalue weighted by Crippen LogP contribution is -2.12. The van der Waals surface area contributed by atoms with Crippen molar-refractivity contribution in [2.75, 3.05) is 0 Å². The molecule has 2 rings (SSSR count). The summed E-state index contributed by atoms with van der Waals surface area (Å²) in [6.45, 7) is 4.38. The van der Waals surface area contributed by atoms with Gasteiger partial charge in [-0.25, -0.2) is 0 Å². The molecule has 2 heteroatoms. The van der Waals surface area contributed by atoms with E-state index in [4.69, 9.17) is 4.74 Å². The average molecular weight is 232 g/mol. The molecule has 84 valence electrons. The molecule has 1 heterocycles. The predicted octanol–water partition coefficient (Wildman–Crippen LogP) is 4.52.